The number of benzene rings is 1. The SMILES string of the molecule is CC(O)C1COC(O)C2C1CC1c3c(c4ccccc4n3C)CC2N1C. The zero-order chi connectivity index (χ0) is 18.2. The van der Waals surface area contributed by atoms with E-state index in [1.165, 1.54) is 22.2 Å². The molecule has 5 rings (SSSR count). The van der Waals surface area contributed by atoms with E-state index in [9.17, 15) is 10.2 Å². The van der Waals surface area contributed by atoms with Crippen LogP contribution in [0, 0.1) is 17.8 Å². The number of aromatic nitrogens is 1. The average molecular weight is 356 g/mol. The fourth-order valence-corrected chi connectivity index (χ4v) is 6.10. The highest BCUT2D eigenvalue weighted by Crippen LogP contribution is 2.52. The maximum absolute atomic E-state index is 10.7. The predicted molar refractivity (Wildman–Crippen MR) is 99.6 cm³/mol. The van der Waals surface area contributed by atoms with Gasteiger partial charge in [-0.25, -0.2) is 0 Å². The third-order valence-electron chi connectivity index (χ3n) is 7.40. The highest BCUT2D eigenvalue weighted by molar-refractivity contribution is 5.86. The molecule has 0 spiro atoms. The molecule has 3 aliphatic rings. The van der Waals surface area contributed by atoms with E-state index >= 15 is 0 Å². The molecule has 140 valence electrons. The molecule has 0 aliphatic carbocycles. The predicted octanol–water partition coefficient (Wildman–Crippen LogP) is 2.06. The smallest absolute Gasteiger partial charge is 0.159 e. The maximum atomic E-state index is 10.7. The Labute approximate surface area is 154 Å². The highest BCUT2D eigenvalue weighted by atomic mass is 16.6. The molecule has 5 nitrogen and oxygen atoms in total. The summed E-state index contributed by atoms with van der Waals surface area (Å²) in [6.07, 6.45) is 0.744. The van der Waals surface area contributed by atoms with Gasteiger partial charge in [0, 0.05) is 41.5 Å². The average Bonchev–Trinajstić information content (AvgIpc) is 2.88. The van der Waals surface area contributed by atoms with Crippen molar-refractivity contribution in [2.45, 2.75) is 44.2 Å². The van der Waals surface area contributed by atoms with E-state index < -0.39 is 12.4 Å². The van der Waals surface area contributed by atoms with Crippen molar-refractivity contribution in [3.05, 3.63) is 35.5 Å². The number of nitrogens with zero attached hydrogens (tertiary/aromatic N) is 2. The Morgan fingerprint density at radius 2 is 2.00 bits per heavy atom. The Morgan fingerprint density at radius 1 is 1.23 bits per heavy atom. The molecule has 2 bridgehead atoms. The van der Waals surface area contributed by atoms with Crippen LogP contribution in [0.3, 0.4) is 0 Å². The van der Waals surface area contributed by atoms with Gasteiger partial charge in [0.1, 0.15) is 0 Å². The Bertz CT molecular complexity index is 845. The molecule has 0 saturated carbocycles. The van der Waals surface area contributed by atoms with E-state index in [0.717, 1.165) is 12.8 Å². The van der Waals surface area contributed by atoms with Gasteiger partial charge in [0.2, 0.25) is 0 Å². The molecular weight excluding hydrogens is 328 g/mol. The summed E-state index contributed by atoms with van der Waals surface area (Å²) in [6.45, 7) is 2.31. The number of hydrogen-bond acceptors (Lipinski definition) is 4. The van der Waals surface area contributed by atoms with Gasteiger partial charge >= 0.3 is 0 Å². The fraction of sp³-hybridized carbons (Fsp3) is 0.619. The molecule has 0 amide bonds. The van der Waals surface area contributed by atoms with Gasteiger partial charge in [0.15, 0.2) is 6.29 Å². The first kappa shape index (κ1) is 16.8. The third-order valence-corrected chi connectivity index (χ3v) is 7.40. The summed E-state index contributed by atoms with van der Waals surface area (Å²) in [5, 5.41) is 22.3. The number of rotatable bonds is 1. The second-order valence-electron chi connectivity index (χ2n) is 8.50. The zero-order valence-corrected chi connectivity index (χ0v) is 15.7. The topological polar surface area (TPSA) is 57.9 Å². The number of piperidine rings is 1. The van der Waals surface area contributed by atoms with Crippen LogP contribution in [-0.2, 0) is 18.2 Å². The number of aryl methyl sites for hydroxylation is 1. The minimum Gasteiger partial charge on any atom is -0.393 e. The molecular formula is C21H28N2O3. The maximum Gasteiger partial charge on any atom is 0.159 e. The van der Waals surface area contributed by atoms with Crippen molar-refractivity contribution in [3.63, 3.8) is 0 Å². The van der Waals surface area contributed by atoms with Gasteiger partial charge in [0.05, 0.1) is 18.8 Å². The van der Waals surface area contributed by atoms with Gasteiger partial charge in [-0.1, -0.05) is 18.2 Å². The molecule has 7 atom stereocenters. The van der Waals surface area contributed by atoms with Gasteiger partial charge in [-0.3, -0.25) is 4.90 Å². The second-order valence-corrected chi connectivity index (χ2v) is 8.50. The Morgan fingerprint density at radius 3 is 2.77 bits per heavy atom. The van der Waals surface area contributed by atoms with E-state index in [0.29, 0.717) is 12.6 Å². The lowest BCUT2D eigenvalue weighted by Crippen LogP contribution is -2.61. The number of aliphatic hydroxyl groups is 2. The van der Waals surface area contributed by atoms with Crippen LogP contribution in [0.1, 0.15) is 30.6 Å². The minimum atomic E-state index is -0.736. The van der Waals surface area contributed by atoms with Crippen molar-refractivity contribution in [3.8, 4) is 0 Å². The molecule has 1 aromatic heterocycles. The first-order valence-corrected chi connectivity index (χ1v) is 9.75. The molecule has 1 aromatic carbocycles. The summed E-state index contributed by atoms with van der Waals surface area (Å²) in [7, 11) is 4.36. The van der Waals surface area contributed by atoms with Crippen LogP contribution < -0.4 is 0 Å². The molecule has 2 saturated heterocycles. The van der Waals surface area contributed by atoms with Crippen LogP contribution >= 0.6 is 0 Å². The van der Waals surface area contributed by atoms with Gasteiger partial charge in [-0.05, 0) is 44.4 Å². The van der Waals surface area contributed by atoms with Gasteiger partial charge in [-0.2, -0.15) is 0 Å². The summed E-state index contributed by atoms with van der Waals surface area (Å²) in [6, 6.07) is 9.20. The normalized spacial score (nSPS) is 38.0. The van der Waals surface area contributed by atoms with E-state index in [-0.39, 0.29) is 23.8 Å². The summed E-state index contributed by atoms with van der Waals surface area (Å²) in [5.74, 6) is 0.436. The fourth-order valence-electron chi connectivity index (χ4n) is 6.10. The molecule has 2 aromatic rings. The Kier molecular flexibility index (Phi) is 3.73. The van der Waals surface area contributed by atoms with Crippen LogP contribution in [0.15, 0.2) is 24.3 Å². The van der Waals surface area contributed by atoms with Crippen molar-refractivity contribution >= 4 is 10.9 Å². The number of aliphatic hydroxyl groups excluding tert-OH is 2. The number of hydrogen-bond donors (Lipinski definition) is 2. The first-order chi connectivity index (χ1) is 12.5. The summed E-state index contributed by atoms with van der Waals surface area (Å²) >= 11 is 0. The summed E-state index contributed by atoms with van der Waals surface area (Å²) in [4.78, 5) is 2.44. The quantitative estimate of drug-likeness (QED) is 0.821. The van der Waals surface area contributed by atoms with Crippen LogP contribution in [0.5, 0.6) is 0 Å². The monoisotopic (exact) mass is 356 g/mol. The van der Waals surface area contributed by atoms with Crippen molar-refractivity contribution < 1.29 is 14.9 Å². The number of para-hydroxylation sites is 1. The number of fused-ring (bicyclic) bond motifs is 8. The first-order valence-electron chi connectivity index (χ1n) is 9.75. The molecule has 7 unspecified atom stereocenters. The molecule has 26 heavy (non-hydrogen) atoms. The summed E-state index contributed by atoms with van der Waals surface area (Å²) < 4.78 is 8.06. The van der Waals surface area contributed by atoms with E-state index in [2.05, 4.69) is 47.8 Å². The Hall–Kier alpha value is -1.40. The number of ether oxygens (including phenoxy) is 1. The van der Waals surface area contributed by atoms with E-state index in [1.54, 1.807) is 0 Å². The molecule has 0 radical (unpaired) electrons. The van der Waals surface area contributed by atoms with Gasteiger partial charge < -0.3 is 19.5 Å². The van der Waals surface area contributed by atoms with Crippen molar-refractivity contribution in [1.29, 1.82) is 0 Å². The van der Waals surface area contributed by atoms with Crippen molar-refractivity contribution in [2.75, 3.05) is 13.7 Å². The van der Waals surface area contributed by atoms with Gasteiger partial charge in [-0.15, -0.1) is 0 Å². The highest BCUT2D eigenvalue weighted by Gasteiger charge is 2.54. The van der Waals surface area contributed by atoms with Crippen LogP contribution in [0.4, 0.5) is 0 Å². The lowest BCUT2D eigenvalue weighted by molar-refractivity contribution is -0.242. The molecule has 2 fully saturated rings. The van der Waals surface area contributed by atoms with Crippen molar-refractivity contribution in [1.82, 2.24) is 9.47 Å². The Balaban J connectivity index is 1.66. The van der Waals surface area contributed by atoms with Crippen LogP contribution in [-0.4, -0.2) is 51.8 Å². The lowest BCUT2D eigenvalue weighted by atomic mass is 9.64. The molecule has 4 heterocycles. The molecule has 3 aliphatic heterocycles. The minimum absolute atomic E-state index is 0.0525. The number of likely N-dealkylation sites (N-methyl/N-ethyl adjacent to an activating group) is 1. The van der Waals surface area contributed by atoms with Crippen LogP contribution in [0.2, 0.25) is 0 Å². The molecule has 2 N–H and O–H groups in total. The van der Waals surface area contributed by atoms with E-state index in [1.807, 2.05) is 6.92 Å². The van der Waals surface area contributed by atoms with Crippen molar-refractivity contribution in [2.24, 2.45) is 24.8 Å². The standard InChI is InChI=1S/C21H28N2O3/c1-11(24)15-10-26-21(25)19-13(15)8-18-20-14(9-17(19)22(18)2)12-6-4-5-7-16(12)23(20)3/h4-7,11,13,15,17-19,21,24-25H,8-10H2,1-3H3. The third kappa shape index (κ3) is 2.12. The summed E-state index contributed by atoms with van der Waals surface area (Å²) in [5.41, 5.74) is 4.13. The van der Waals surface area contributed by atoms with E-state index in [4.69, 9.17) is 4.74 Å². The van der Waals surface area contributed by atoms with Crippen LogP contribution in [0.25, 0.3) is 10.9 Å². The zero-order valence-electron chi connectivity index (χ0n) is 15.7. The lowest BCUT2D eigenvalue weighted by Gasteiger charge is -2.56. The van der Waals surface area contributed by atoms with Gasteiger partial charge in [0.25, 0.3) is 0 Å². The largest absolute Gasteiger partial charge is 0.393 e. The molecule has 5 heteroatoms. The second kappa shape index (κ2) is 5.80.